The molecule has 0 bridgehead atoms. The highest BCUT2D eigenvalue weighted by Gasteiger charge is 2.30. The number of rotatable bonds is 4. The molecule has 0 aromatic heterocycles. The van der Waals surface area contributed by atoms with Crippen LogP contribution in [0.4, 0.5) is 5.69 Å². The van der Waals surface area contributed by atoms with E-state index in [4.69, 9.17) is 4.74 Å². The smallest absolute Gasteiger partial charge is 0.267 e. The Morgan fingerprint density at radius 3 is 1.88 bits per heavy atom. The van der Waals surface area contributed by atoms with Crippen molar-refractivity contribution in [2.45, 2.75) is 59.5 Å². The normalized spacial score (nSPS) is 12.0. The van der Waals surface area contributed by atoms with Crippen molar-refractivity contribution in [2.24, 2.45) is 0 Å². The zero-order valence-electron chi connectivity index (χ0n) is 16.4. The van der Waals surface area contributed by atoms with Gasteiger partial charge in [-0.25, -0.2) is 0 Å². The lowest BCUT2D eigenvalue weighted by Gasteiger charge is -2.27. The van der Waals surface area contributed by atoms with Gasteiger partial charge >= 0.3 is 0 Å². The maximum Gasteiger partial charge on any atom is 0.267 e. The number of ether oxygens (including phenoxy) is 1. The lowest BCUT2D eigenvalue weighted by atomic mass is 9.87. The molecule has 3 heteroatoms. The lowest BCUT2D eigenvalue weighted by Crippen LogP contribution is -2.42. The fraction of sp³-hybridized carbons (Fsp3) is 0.409. The maximum atomic E-state index is 12.7. The van der Waals surface area contributed by atoms with E-state index in [2.05, 4.69) is 38.2 Å². The molecule has 0 atom stereocenters. The topological polar surface area (TPSA) is 38.3 Å². The summed E-state index contributed by atoms with van der Waals surface area (Å²) in [6.07, 6.45) is 0. The van der Waals surface area contributed by atoms with Crippen molar-refractivity contribution in [3.8, 4) is 5.75 Å². The van der Waals surface area contributed by atoms with Crippen molar-refractivity contribution >= 4 is 11.6 Å². The average Bonchev–Trinajstić information content (AvgIpc) is 2.50. The van der Waals surface area contributed by atoms with Crippen molar-refractivity contribution < 1.29 is 9.53 Å². The number of carbonyl (C=O) groups is 1. The van der Waals surface area contributed by atoms with Gasteiger partial charge in [0, 0.05) is 5.69 Å². The summed E-state index contributed by atoms with van der Waals surface area (Å²) in [4.78, 5) is 12.7. The van der Waals surface area contributed by atoms with E-state index in [0.717, 1.165) is 16.8 Å². The Bertz CT molecular complexity index is 732. The maximum absolute atomic E-state index is 12.7. The van der Waals surface area contributed by atoms with Gasteiger partial charge in [0.15, 0.2) is 5.60 Å². The Morgan fingerprint density at radius 2 is 1.40 bits per heavy atom. The van der Waals surface area contributed by atoms with Crippen molar-refractivity contribution in [3.05, 3.63) is 59.2 Å². The molecule has 0 unspecified atom stereocenters. The molecule has 2 aromatic rings. The first-order chi connectivity index (χ1) is 11.5. The molecule has 0 fully saturated rings. The van der Waals surface area contributed by atoms with E-state index in [-0.39, 0.29) is 11.3 Å². The van der Waals surface area contributed by atoms with Crippen molar-refractivity contribution in [1.29, 1.82) is 0 Å². The van der Waals surface area contributed by atoms with E-state index < -0.39 is 5.60 Å². The molecule has 0 aliphatic carbocycles. The summed E-state index contributed by atoms with van der Waals surface area (Å²) < 4.78 is 5.97. The van der Waals surface area contributed by atoms with Crippen LogP contribution >= 0.6 is 0 Å². The number of benzene rings is 2. The molecule has 2 rings (SSSR count). The van der Waals surface area contributed by atoms with Gasteiger partial charge < -0.3 is 10.1 Å². The Kier molecular flexibility index (Phi) is 5.26. The van der Waals surface area contributed by atoms with Crippen molar-refractivity contribution in [2.75, 3.05) is 5.32 Å². The SMILES string of the molecule is Cc1cccc(C)c1NC(=O)C(C)(C)Oc1ccc(C(C)(C)C)cc1. The first kappa shape index (κ1) is 19.0. The van der Waals surface area contributed by atoms with Gasteiger partial charge in [-0.3, -0.25) is 4.79 Å². The fourth-order valence-corrected chi connectivity index (χ4v) is 2.64. The van der Waals surface area contributed by atoms with Gasteiger partial charge in [0.25, 0.3) is 5.91 Å². The Balaban J connectivity index is 2.14. The summed E-state index contributed by atoms with van der Waals surface area (Å²) in [7, 11) is 0. The lowest BCUT2D eigenvalue weighted by molar-refractivity contribution is -0.128. The molecular weight excluding hydrogens is 310 g/mol. The monoisotopic (exact) mass is 339 g/mol. The first-order valence-corrected chi connectivity index (χ1v) is 8.68. The Morgan fingerprint density at radius 1 is 0.880 bits per heavy atom. The zero-order chi connectivity index (χ0) is 18.8. The van der Waals surface area contributed by atoms with Gasteiger partial charge in [-0.1, -0.05) is 51.1 Å². The van der Waals surface area contributed by atoms with Crippen LogP contribution < -0.4 is 10.1 Å². The zero-order valence-corrected chi connectivity index (χ0v) is 16.4. The highest BCUT2D eigenvalue weighted by atomic mass is 16.5. The quantitative estimate of drug-likeness (QED) is 0.810. The second-order valence-electron chi connectivity index (χ2n) is 8.11. The van der Waals surface area contributed by atoms with E-state index in [1.165, 1.54) is 5.56 Å². The number of aryl methyl sites for hydroxylation is 2. The summed E-state index contributed by atoms with van der Waals surface area (Å²) in [5, 5.41) is 3.01. The van der Waals surface area contributed by atoms with E-state index >= 15 is 0 Å². The van der Waals surface area contributed by atoms with Crippen LogP contribution in [0.3, 0.4) is 0 Å². The van der Waals surface area contributed by atoms with E-state index in [1.54, 1.807) is 13.8 Å². The largest absolute Gasteiger partial charge is 0.478 e. The molecule has 0 radical (unpaired) electrons. The number of anilines is 1. The summed E-state index contributed by atoms with van der Waals surface area (Å²) in [5.41, 5.74) is 3.29. The van der Waals surface area contributed by atoms with Crippen LogP contribution in [0.15, 0.2) is 42.5 Å². The summed E-state index contributed by atoms with van der Waals surface area (Å²) in [6.45, 7) is 14.1. The van der Waals surface area contributed by atoms with Crippen LogP contribution in [-0.2, 0) is 10.2 Å². The molecule has 0 spiro atoms. The van der Waals surface area contributed by atoms with Crippen molar-refractivity contribution in [1.82, 2.24) is 0 Å². The minimum atomic E-state index is -0.974. The number of amides is 1. The molecule has 0 aliphatic heterocycles. The minimum Gasteiger partial charge on any atom is -0.478 e. The van der Waals surface area contributed by atoms with Crippen LogP contribution in [0, 0.1) is 13.8 Å². The molecule has 1 amide bonds. The molecule has 1 N–H and O–H groups in total. The van der Waals surface area contributed by atoms with E-state index in [0.29, 0.717) is 5.75 Å². The van der Waals surface area contributed by atoms with Crippen molar-refractivity contribution in [3.63, 3.8) is 0 Å². The molecule has 0 saturated carbocycles. The van der Waals surface area contributed by atoms with Gasteiger partial charge in [0.1, 0.15) is 5.75 Å². The predicted octanol–water partition coefficient (Wildman–Crippen LogP) is 5.40. The molecule has 3 nitrogen and oxygen atoms in total. The minimum absolute atomic E-state index is 0.0911. The molecule has 134 valence electrons. The molecule has 2 aromatic carbocycles. The number of hydrogen-bond acceptors (Lipinski definition) is 2. The number of hydrogen-bond donors (Lipinski definition) is 1. The third-order valence-corrected chi connectivity index (χ3v) is 4.36. The molecule has 25 heavy (non-hydrogen) atoms. The number of nitrogens with one attached hydrogen (secondary N) is 1. The fourth-order valence-electron chi connectivity index (χ4n) is 2.64. The molecular formula is C22H29NO2. The van der Waals surface area contributed by atoms with Crippen LogP contribution in [-0.4, -0.2) is 11.5 Å². The van der Waals surface area contributed by atoms with Crippen LogP contribution in [0.25, 0.3) is 0 Å². The molecule has 0 aliphatic rings. The van der Waals surface area contributed by atoms with Crippen LogP contribution in [0.1, 0.15) is 51.3 Å². The van der Waals surface area contributed by atoms with Gasteiger partial charge in [-0.15, -0.1) is 0 Å². The highest BCUT2D eigenvalue weighted by Crippen LogP contribution is 2.27. The predicted molar refractivity (Wildman–Crippen MR) is 104 cm³/mol. The summed E-state index contributed by atoms with van der Waals surface area (Å²) in [5.74, 6) is 0.527. The van der Waals surface area contributed by atoms with Gasteiger partial charge in [-0.05, 0) is 61.9 Å². The third kappa shape index (κ3) is 4.62. The van der Waals surface area contributed by atoms with E-state index in [9.17, 15) is 4.79 Å². The van der Waals surface area contributed by atoms with E-state index in [1.807, 2.05) is 44.2 Å². The van der Waals surface area contributed by atoms with Crippen LogP contribution in [0.2, 0.25) is 0 Å². The van der Waals surface area contributed by atoms with Gasteiger partial charge in [0.2, 0.25) is 0 Å². The Labute approximate surface area is 151 Å². The second kappa shape index (κ2) is 6.91. The second-order valence-corrected chi connectivity index (χ2v) is 8.11. The first-order valence-electron chi connectivity index (χ1n) is 8.68. The molecule has 0 saturated heterocycles. The van der Waals surface area contributed by atoms with Gasteiger partial charge in [-0.2, -0.15) is 0 Å². The number of para-hydroxylation sites is 1. The Hall–Kier alpha value is -2.29. The molecule has 0 heterocycles. The van der Waals surface area contributed by atoms with Crippen LogP contribution in [0.5, 0.6) is 5.75 Å². The van der Waals surface area contributed by atoms with Gasteiger partial charge in [0.05, 0.1) is 0 Å². The average molecular weight is 339 g/mol. The third-order valence-electron chi connectivity index (χ3n) is 4.36. The summed E-state index contributed by atoms with van der Waals surface area (Å²) in [6, 6.07) is 13.9. The summed E-state index contributed by atoms with van der Waals surface area (Å²) >= 11 is 0. The number of carbonyl (C=O) groups excluding carboxylic acids is 1. The standard InChI is InChI=1S/C22H29NO2/c1-15-9-8-10-16(2)19(15)23-20(24)22(6,7)25-18-13-11-17(12-14-18)21(3,4)5/h8-14H,1-7H3,(H,23,24). The highest BCUT2D eigenvalue weighted by molar-refractivity contribution is 5.98.